The minimum Gasteiger partial charge on any atom is -0.369 e. The summed E-state index contributed by atoms with van der Waals surface area (Å²) < 4.78 is 0. The van der Waals surface area contributed by atoms with Crippen LogP contribution in [0, 0.1) is 0 Å². The Labute approximate surface area is 129 Å². The highest BCUT2D eigenvalue weighted by Gasteiger charge is 2.09. The van der Waals surface area contributed by atoms with Gasteiger partial charge < -0.3 is 16.0 Å². The smallest absolute Gasteiger partial charge is 0.221 e. The number of carbonyl (C=O) groups excluding carboxylic acids is 1. The van der Waals surface area contributed by atoms with E-state index in [2.05, 4.69) is 27.9 Å². The molecule has 3 N–H and O–H groups in total. The van der Waals surface area contributed by atoms with E-state index in [1.165, 1.54) is 0 Å². The van der Waals surface area contributed by atoms with Gasteiger partial charge in [-0.15, -0.1) is 0 Å². The molecule has 0 spiro atoms. The highest BCUT2D eigenvalue weighted by atomic mass is 35.5. The average molecular weight is 319 g/mol. The topological polar surface area (TPSA) is 66.0 Å². The van der Waals surface area contributed by atoms with Gasteiger partial charge >= 0.3 is 0 Å². The molecule has 0 saturated carbocycles. The lowest BCUT2D eigenvalue weighted by atomic mass is 10.3. The van der Waals surface area contributed by atoms with E-state index >= 15 is 0 Å². The third kappa shape index (κ3) is 5.43. The van der Waals surface area contributed by atoms with Crippen LogP contribution in [0.15, 0.2) is 6.07 Å². The lowest BCUT2D eigenvalue weighted by Crippen LogP contribution is -2.24. The van der Waals surface area contributed by atoms with Gasteiger partial charge in [0.15, 0.2) is 0 Å². The number of hydrogen-bond donors (Lipinski definition) is 3. The van der Waals surface area contributed by atoms with Crippen molar-refractivity contribution in [1.29, 1.82) is 0 Å². The van der Waals surface area contributed by atoms with Gasteiger partial charge in [0.25, 0.3) is 0 Å². The van der Waals surface area contributed by atoms with Gasteiger partial charge in [-0.2, -0.15) is 0 Å². The second-order valence-corrected chi connectivity index (χ2v) is 5.02. The second-order valence-electron chi connectivity index (χ2n) is 4.21. The Morgan fingerprint density at radius 2 is 1.75 bits per heavy atom. The zero-order chi connectivity index (χ0) is 15.0. The summed E-state index contributed by atoms with van der Waals surface area (Å²) in [5, 5.41) is 9.82. The van der Waals surface area contributed by atoms with Crippen LogP contribution in [0.4, 0.5) is 11.6 Å². The molecule has 0 aliphatic carbocycles. The third-order valence-electron chi connectivity index (χ3n) is 2.49. The van der Waals surface area contributed by atoms with Crippen LogP contribution in [-0.4, -0.2) is 30.5 Å². The summed E-state index contributed by atoms with van der Waals surface area (Å²) in [7, 11) is 0. The number of nitrogens with one attached hydrogen (secondary N) is 3. The summed E-state index contributed by atoms with van der Waals surface area (Å²) in [5.74, 6) is 1.12. The first-order valence-electron chi connectivity index (χ1n) is 6.69. The van der Waals surface area contributed by atoms with Crippen molar-refractivity contribution in [3.05, 3.63) is 16.1 Å². The van der Waals surface area contributed by atoms with Gasteiger partial charge in [-0.25, -0.2) is 4.98 Å². The maximum absolute atomic E-state index is 11.3. The van der Waals surface area contributed by atoms with Gasteiger partial charge in [0.2, 0.25) is 5.91 Å². The number of rotatable bonds is 8. The van der Waals surface area contributed by atoms with Crippen molar-refractivity contribution in [3.8, 4) is 0 Å². The first kappa shape index (κ1) is 16.9. The Bertz CT molecular complexity index is 454. The molecule has 1 rings (SSSR count). The van der Waals surface area contributed by atoms with Crippen LogP contribution >= 0.6 is 23.2 Å². The minimum absolute atomic E-state index is 0.00517. The fourth-order valence-corrected chi connectivity index (χ4v) is 2.03. The molecule has 0 aliphatic heterocycles. The summed E-state index contributed by atoms with van der Waals surface area (Å²) in [6.07, 6.45) is 1.34. The van der Waals surface area contributed by atoms with E-state index in [-0.39, 0.29) is 5.91 Å². The molecular weight excluding hydrogens is 299 g/mol. The summed E-state index contributed by atoms with van der Waals surface area (Å²) in [6.45, 7) is 5.82. The Morgan fingerprint density at radius 3 is 2.30 bits per heavy atom. The van der Waals surface area contributed by atoms with Crippen LogP contribution < -0.4 is 16.0 Å². The van der Waals surface area contributed by atoms with E-state index in [9.17, 15) is 4.79 Å². The lowest BCUT2D eigenvalue weighted by Gasteiger charge is -2.12. The zero-order valence-corrected chi connectivity index (χ0v) is 13.2. The van der Waals surface area contributed by atoms with E-state index in [1.54, 1.807) is 6.07 Å². The molecule has 1 aromatic rings. The Kier molecular flexibility index (Phi) is 7.47. The molecule has 0 aromatic carbocycles. The van der Waals surface area contributed by atoms with E-state index in [0.29, 0.717) is 41.2 Å². The Balaban J connectivity index is 2.62. The first-order valence-corrected chi connectivity index (χ1v) is 7.44. The van der Waals surface area contributed by atoms with Crippen LogP contribution in [0.1, 0.15) is 26.7 Å². The van der Waals surface area contributed by atoms with Crippen LogP contribution in [-0.2, 0) is 4.79 Å². The Hall–Kier alpha value is -1.20. The standard InChI is InChI=1S/C13H20Cl2N4O/c1-3-6-17-12-9(14)8-10(15)13(19-12)18-7-5-11(20)16-4-2/h8H,3-7H2,1-2H3,(H,16,20)(H2,17,18,19). The number of amides is 1. The molecule has 112 valence electrons. The van der Waals surface area contributed by atoms with Gasteiger partial charge in [0, 0.05) is 26.1 Å². The lowest BCUT2D eigenvalue weighted by molar-refractivity contribution is -0.120. The number of hydrogen-bond acceptors (Lipinski definition) is 4. The number of carbonyl (C=O) groups is 1. The highest BCUT2D eigenvalue weighted by molar-refractivity contribution is 6.37. The van der Waals surface area contributed by atoms with Crippen molar-refractivity contribution >= 4 is 40.7 Å². The SMILES string of the molecule is CCCNc1nc(NCCC(=O)NCC)c(Cl)cc1Cl. The predicted octanol–water partition coefficient (Wildman–Crippen LogP) is 3.15. The molecule has 0 fully saturated rings. The van der Waals surface area contributed by atoms with E-state index in [4.69, 9.17) is 23.2 Å². The quantitative estimate of drug-likeness (QED) is 0.689. The molecule has 7 heteroatoms. The third-order valence-corrected chi connectivity index (χ3v) is 3.07. The van der Waals surface area contributed by atoms with Crippen molar-refractivity contribution in [1.82, 2.24) is 10.3 Å². The van der Waals surface area contributed by atoms with Crippen LogP contribution in [0.3, 0.4) is 0 Å². The molecule has 0 radical (unpaired) electrons. The predicted molar refractivity (Wildman–Crippen MR) is 84.8 cm³/mol. The van der Waals surface area contributed by atoms with E-state index in [1.807, 2.05) is 6.92 Å². The summed E-state index contributed by atoms with van der Waals surface area (Å²) in [6, 6.07) is 1.64. The maximum atomic E-state index is 11.3. The number of pyridine rings is 1. The first-order chi connectivity index (χ1) is 9.58. The molecule has 1 heterocycles. The van der Waals surface area contributed by atoms with Crippen molar-refractivity contribution in [2.45, 2.75) is 26.7 Å². The fraction of sp³-hybridized carbons (Fsp3) is 0.538. The van der Waals surface area contributed by atoms with Crippen molar-refractivity contribution < 1.29 is 4.79 Å². The fourth-order valence-electron chi connectivity index (χ4n) is 1.54. The number of aromatic nitrogens is 1. The van der Waals surface area contributed by atoms with Crippen LogP contribution in [0.2, 0.25) is 10.0 Å². The van der Waals surface area contributed by atoms with E-state index < -0.39 is 0 Å². The molecule has 0 bridgehead atoms. The maximum Gasteiger partial charge on any atom is 0.221 e. The summed E-state index contributed by atoms with van der Waals surface area (Å²) >= 11 is 12.1. The molecule has 1 aromatic heterocycles. The molecule has 5 nitrogen and oxygen atoms in total. The van der Waals surface area contributed by atoms with Gasteiger partial charge in [-0.3, -0.25) is 4.79 Å². The number of halogens is 2. The van der Waals surface area contributed by atoms with Crippen molar-refractivity contribution in [2.24, 2.45) is 0 Å². The minimum atomic E-state index is -0.00517. The van der Waals surface area contributed by atoms with Crippen molar-refractivity contribution in [2.75, 3.05) is 30.3 Å². The molecule has 0 saturated heterocycles. The molecule has 1 amide bonds. The summed E-state index contributed by atoms with van der Waals surface area (Å²) in [4.78, 5) is 15.7. The molecule has 0 unspecified atom stereocenters. The zero-order valence-electron chi connectivity index (χ0n) is 11.7. The molecular formula is C13H20Cl2N4O. The number of anilines is 2. The molecule has 20 heavy (non-hydrogen) atoms. The van der Waals surface area contributed by atoms with Crippen LogP contribution in [0.5, 0.6) is 0 Å². The van der Waals surface area contributed by atoms with Gasteiger partial charge in [-0.05, 0) is 19.4 Å². The number of nitrogens with zero attached hydrogens (tertiary/aromatic N) is 1. The average Bonchev–Trinajstić information content (AvgIpc) is 2.40. The highest BCUT2D eigenvalue weighted by Crippen LogP contribution is 2.29. The van der Waals surface area contributed by atoms with E-state index in [0.717, 1.165) is 13.0 Å². The monoisotopic (exact) mass is 318 g/mol. The van der Waals surface area contributed by atoms with Gasteiger partial charge in [0.1, 0.15) is 11.6 Å². The van der Waals surface area contributed by atoms with Crippen molar-refractivity contribution in [3.63, 3.8) is 0 Å². The van der Waals surface area contributed by atoms with Gasteiger partial charge in [-0.1, -0.05) is 30.1 Å². The molecule has 0 atom stereocenters. The summed E-state index contributed by atoms with van der Waals surface area (Å²) in [5.41, 5.74) is 0. The normalized spacial score (nSPS) is 10.2. The molecule has 0 aliphatic rings. The second kappa shape index (κ2) is 8.87. The van der Waals surface area contributed by atoms with Crippen LogP contribution in [0.25, 0.3) is 0 Å². The van der Waals surface area contributed by atoms with Gasteiger partial charge in [0.05, 0.1) is 10.0 Å². The Morgan fingerprint density at radius 1 is 1.15 bits per heavy atom. The largest absolute Gasteiger partial charge is 0.369 e.